The highest BCUT2D eigenvalue weighted by Crippen LogP contribution is 2.10. The van der Waals surface area contributed by atoms with E-state index in [1.54, 1.807) is 35.4 Å². The van der Waals surface area contributed by atoms with Crippen molar-refractivity contribution in [2.75, 3.05) is 5.73 Å². The second-order valence-electron chi connectivity index (χ2n) is 2.73. The predicted molar refractivity (Wildman–Crippen MR) is 51.2 cm³/mol. The third kappa shape index (κ3) is 1.35. The number of rotatable bonds is 2. The zero-order chi connectivity index (χ0) is 9.97. The van der Waals surface area contributed by atoms with Crippen LogP contribution in [0.1, 0.15) is 10.4 Å². The van der Waals surface area contributed by atoms with Crippen molar-refractivity contribution < 1.29 is 4.79 Å². The topological polar surface area (TPSA) is 73.8 Å². The SMILES string of the molecule is Nc1nc(-n2ccnc2)ccc1C=O. The number of aromatic nitrogens is 3. The monoisotopic (exact) mass is 188 g/mol. The first kappa shape index (κ1) is 8.43. The number of imidazole rings is 1. The lowest BCUT2D eigenvalue weighted by atomic mass is 10.3. The Morgan fingerprint density at radius 3 is 2.86 bits per heavy atom. The summed E-state index contributed by atoms with van der Waals surface area (Å²) in [5, 5.41) is 0. The molecule has 2 heterocycles. The van der Waals surface area contributed by atoms with E-state index in [-0.39, 0.29) is 5.82 Å². The van der Waals surface area contributed by atoms with Crippen LogP contribution < -0.4 is 5.73 Å². The van der Waals surface area contributed by atoms with Crippen LogP contribution in [0.5, 0.6) is 0 Å². The molecular weight excluding hydrogens is 180 g/mol. The van der Waals surface area contributed by atoms with E-state index < -0.39 is 0 Å². The van der Waals surface area contributed by atoms with Gasteiger partial charge in [-0.1, -0.05) is 0 Å². The van der Waals surface area contributed by atoms with E-state index in [2.05, 4.69) is 9.97 Å². The smallest absolute Gasteiger partial charge is 0.153 e. The van der Waals surface area contributed by atoms with Crippen LogP contribution in [-0.4, -0.2) is 20.8 Å². The van der Waals surface area contributed by atoms with Crippen LogP contribution in [0.4, 0.5) is 5.82 Å². The molecule has 0 aromatic carbocycles. The molecule has 5 heteroatoms. The maximum absolute atomic E-state index is 10.5. The van der Waals surface area contributed by atoms with Gasteiger partial charge in [0.1, 0.15) is 18.0 Å². The average Bonchev–Trinajstić information content (AvgIpc) is 2.70. The number of anilines is 1. The van der Waals surface area contributed by atoms with Gasteiger partial charge >= 0.3 is 0 Å². The molecule has 0 aliphatic rings. The summed E-state index contributed by atoms with van der Waals surface area (Å²) in [6, 6.07) is 3.34. The van der Waals surface area contributed by atoms with Gasteiger partial charge in [-0.3, -0.25) is 9.36 Å². The van der Waals surface area contributed by atoms with Gasteiger partial charge in [-0.2, -0.15) is 0 Å². The highest BCUT2D eigenvalue weighted by molar-refractivity contribution is 5.81. The molecule has 0 saturated heterocycles. The van der Waals surface area contributed by atoms with Crippen LogP contribution in [0, 0.1) is 0 Å². The highest BCUT2D eigenvalue weighted by atomic mass is 16.1. The van der Waals surface area contributed by atoms with E-state index in [0.29, 0.717) is 17.7 Å². The number of aldehydes is 1. The Kier molecular flexibility index (Phi) is 1.98. The number of pyridine rings is 1. The first-order chi connectivity index (χ1) is 6.81. The van der Waals surface area contributed by atoms with Crippen LogP contribution >= 0.6 is 0 Å². The average molecular weight is 188 g/mol. The Labute approximate surface area is 80.2 Å². The van der Waals surface area contributed by atoms with E-state index in [0.717, 1.165) is 0 Å². The zero-order valence-corrected chi connectivity index (χ0v) is 7.29. The summed E-state index contributed by atoms with van der Waals surface area (Å²) in [5.41, 5.74) is 5.96. The molecule has 5 nitrogen and oxygen atoms in total. The molecule has 0 bridgehead atoms. The van der Waals surface area contributed by atoms with Gasteiger partial charge in [-0.05, 0) is 12.1 Å². The number of nitrogens with two attached hydrogens (primary N) is 1. The van der Waals surface area contributed by atoms with E-state index >= 15 is 0 Å². The Morgan fingerprint density at radius 2 is 2.29 bits per heavy atom. The number of carbonyl (C=O) groups excluding carboxylic acids is 1. The molecule has 0 unspecified atom stereocenters. The molecule has 2 aromatic heterocycles. The standard InChI is InChI=1S/C9H8N4O/c10-9-7(5-14)1-2-8(12-9)13-4-3-11-6-13/h1-6H,(H2,10,12). The van der Waals surface area contributed by atoms with Crippen molar-refractivity contribution in [3.63, 3.8) is 0 Å². The molecular formula is C9H8N4O. The van der Waals surface area contributed by atoms with Gasteiger partial charge in [0.25, 0.3) is 0 Å². The third-order valence-electron chi connectivity index (χ3n) is 1.84. The van der Waals surface area contributed by atoms with Crippen LogP contribution in [0.25, 0.3) is 5.82 Å². The Hall–Kier alpha value is -2.17. The van der Waals surface area contributed by atoms with Crippen molar-refractivity contribution in [3.05, 3.63) is 36.4 Å². The van der Waals surface area contributed by atoms with Crippen molar-refractivity contribution >= 4 is 12.1 Å². The number of nitrogens with zero attached hydrogens (tertiary/aromatic N) is 3. The van der Waals surface area contributed by atoms with Gasteiger partial charge in [-0.15, -0.1) is 0 Å². The number of hydrogen-bond acceptors (Lipinski definition) is 4. The minimum absolute atomic E-state index is 0.228. The molecule has 2 aromatic rings. The molecule has 0 spiro atoms. The summed E-state index contributed by atoms with van der Waals surface area (Å²) in [5.74, 6) is 0.872. The minimum Gasteiger partial charge on any atom is -0.383 e. The first-order valence-corrected chi connectivity index (χ1v) is 4.01. The van der Waals surface area contributed by atoms with E-state index in [9.17, 15) is 4.79 Å². The highest BCUT2D eigenvalue weighted by Gasteiger charge is 2.02. The molecule has 14 heavy (non-hydrogen) atoms. The molecule has 70 valence electrons. The van der Waals surface area contributed by atoms with Crippen molar-refractivity contribution in [2.24, 2.45) is 0 Å². The second-order valence-corrected chi connectivity index (χ2v) is 2.73. The van der Waals surface area contributed by atoms with Gasteiger partial charge in [0.2, 0.25) is 0 Å². The summed E-state index contributed by atoms with van der Waals surface area (Å²) >= 11 is 0. The Morgan fingerprint density at radius 1 is 1.43 bits per heavy atom. The van der Waals surface area contributed by atoms with Crippen molar-refractivity contribution in [3.8, 4) is 5.82 Å². The molecule has 2 rings (SSSR count). The Balaban J connectivity index is 2.48. The fraction of sp³-hybridized carbons (Fsp3) is 0. The van der Waals surface area contributed by atoms with Gasteiger partial charge < -0.3 is 5.73 Å². The maximum Gasteiger partial charge on any atom is 0.153 e. The molecule has 0 aliphatic heterocycles. The first-order valence-electron chi connectivity index (χ1n) is 4.01. The molecule has 0 aliphatic carbocycles. The van der Waals surface area contributed by atoms with Gasteiger partial charge in [-0.25, -0.2) is 9.97 Å². The van der Waals surface area contributed by atoms with Crippen molar-refractivity contribution in [1.82, 2.24) is 14.5 Å². The van der Waals surface area contributed by atoms with Gasteiger partial charge in [0.05, 0.1) is 5.56 Å². The van der Waals surface area contributed by atoms with Gasteiger partial charge in [0, 0.05) is 12.4 Å². The quantitative estimate of drug-likeness (QED) is 0.702. The normalized spacial score (nSPS) is 10.0. The molecule has 0 fully saturated rings. The molecule has 0 saturated carbocycles. The third-order valence-corrected chi connectivity index (χ3v) is 1.84. The van der Waals surface area contributed by atoms with Crippen LogP contribution in [-0.2, 0) is 0 Å². The van der Waals surface area contributed by atoms with Crippen LogP contribution in [0.15, 0.2) is 30.9 Å². The van der Waals surface area contributed by atoms with Crippen molar-refractivity contribution in [2.45, 2.75) is 0 Å². The largest absolute Gasteiger partial charge is 0.383 e. The number of hydrogen-bond donors (Lipinski definition) is 1. The van der Waals surface area contributed by atoms with Crippen LogP contribution in [0.2, 0.25) is 0 Å². The molecule has 2 N–H and O–H groups in total. The lowest BCUT2D eigenvalue weighted by Crippen LogP contribution is -2.01. The second kappa shape index (κ2) is 3.29. The van der Waals surface area contributed by atoms with E-state index in [1.165, 1.54) is 0 Å². The van der Waals surface area contributed by atoms with E-state index in [4.69, 9.17) is 5.73 Å². The summed E-state index contributed by atoms with van der Waals surface area (Å²) in [6.07, 6.45) is 5.69. The number of nitrogen functional groups attached to an aromatic ring is 1. The molecule has 0 amide bonds. The predicted octanol–water partition coefficient (Wildman–Crippen LogP) is 0.662. The molecule has 0 atom stereocenters. The van der Waals surface area contributed by atoms with Crippen molar-refractivity contribution in [1.29, 1.82) is 0 Å². The Bertz CT molecular complexity index is 450. The lowest BCUT2D eigenvalue weighted by Gasteiger charge is -2.02. The summed E-state index contributed by atoms with van der Waals surface area (Å²) in [4.78, 5) is 18.4. The summed E-state index contributed by atoms with van der Waals surface area (Å²) < 4.78 is 1.71. The fourth-order valence-electron chi connectivity index (χ4n) is 1.11. The fourth-order valence-corrected chi connectivity index (χ4v) is 1.11. The van der Waals surface area contributed by atoms with Crippen LogP contribution in [0.3, 0.4) is 0 Å². The summed E-state index contributed by atoms with van der Waals surface area (Å²) in [7, 11) is 0. The number of carbonyl (C=O) groups is 1. The summed E-state index contributed by atoms with van der Waals surface area (Å²) in [6.45, 7) is 0. The lowest BCUT2D eigenvalue weighted by molar-refractivity contribution is 0.112. The van der Waals surface area contributed by atoms with E-state index in [1.807, 2.05) is 0 Å². The zero-order valence-electron chi connectivity index (χ0n) is 7.29. The minimum atomic E-state index is 0.228. The molecule has 0 radical (unpaired) electrons. The maximum atomic E-state index is 10.5. The van der Waals surface area contributed by atoms with Gasteiger partial charge in [0.15, 0.2) is 6.29 Å².